The number of hydrogen-bond acceptors (Lipinski definition) is 3. The third-order valence-electron chi connectivity index (χ3n) is 4.16. The van der Waals surface area contributed by atoms with E-state index >= 15 is 0 Å². The summed E-state index contributed by atoms with van der Waals surface area (Å²) in [6.07, 6.45) is 0.501. The third kappa shape index (κ3) is 4.36. The number of rotatable bonds is 8. The minimum absolute atomic E-state index is 0.0145. The van der Waals surface area contributed by atoms with E-state index in [0.29, 0.717) is 6.54 Å². The number of benzene rings is 2. The van der Waals surface area contributed by atoms with Crippen LogP contribution >= 0.6 is 0 Å². The van der Waals surface area contributed by atoms with Crippen LogP contribution in [0.4, 0.5) is 0 Å². The second-order valence-electron chi connectivity index (χ2n) is 5.58. The summed E-state index contributed by atoms with van der Waals surface area (Å²) in [6, 6.07) is 17.5. The standard InChI is InChI=1S/C20H25NO3/c1-4-16(15-10-6-5-7-11-15)20(22)21-14-19(24-3)17-12-8-9-13-18(17)23-2/h5-13,16,19H,4,14H2,1-3H3,(H,21,22)/t16-,19-/m1/s1. The van der Waals surface area contributed by atoms with Crippen molar-refractivity contribution in [3.63, 3.8) is 0 Å². The molecule has 0 radical (unpaired) electrons. The molecule has 128 valence electrons. The molecule has 0 saturated heterocycles. The van der Waals surface area contributed by atoms with Crippen molar-refractivity contribution < 1.29 is 14.3 Å². The highest BCUT2D eigenvalue weighted by atomic mass is 16.5. The van der Waals surface area contributed by atoms with Crippen molar-refractivity contribution in [3.8, 4) is 5.75 Å². The van der Waals surface area contributed by atoms with E-state index in [1.165, 1.54) is 0 Å². The Bertz CT molecular complexity index is 642. The number of para-hydroxylation sites is 1. The number of nitrogens with one attached hydrogen (secondary N) is 1. The van der Waals surface area contributed by atoms with Gasteiger partial charge in [-0.05, 0) is 18.1 Å². The van der Waals surface area contributed by atoms with Crippen LogP contribution in [-0.4, -0.2) is 26.7 Å². The Balaban J connectivity index is 2.05. The minimum atomic E-state index is -0.252. The summed E-state index contributed by atoms with van der Waals surface area (Å²) in [5.41, 5.74) is 1.96. The van der Waals surface area contributed by atoms with E-state index in [1.54, 1.807) is 14.2 Å². The van der Waals surface area contributed by atoms with Gasteiger partial charge in [0.1, 0.15) is 11.9 Å². The third-order valence-corrected chi connectivity index (χ3v) is 4.16. The molecule has 4 heteroatoms. The Morgan fingerprint density at radius 1 is 1.04 bits per heavy atom. The van der Waals surface area contributed by atoms with Crippen molar-refractivity contribution in [3.05, 3.63) is 65.7 Å². The van der Waals surface area contributed by atoms with Crippen molar-refractivity contribution in [1.82, 2.24) is 5.32 Å². The van der Waals surface area contributed by atoms with Crippen LogP contribution in [0.3, 0.4) is 0 Å². The number of carbonyl (C=O) groups is 1. The van der Waals surface area contributed by atoms with Gasteiger partial charge in [-0.25, -0.2) is 0 Å². The minimum Gasteiger partial charge on any atom is -0.496 e. The van der Waals surface area contributed by atoms with Crippen LogP contribution in [0.15, 0.2) is 54.6 Å². The first-order valence-corrected chi connectivity index (χ1v) is 8.19. The summed E-state index contributed by atoms with van der Waals surface area (Å²) in [6.45, 7) is 2.42. The Labute approximate surface area is 143 Å². The molecule has 2 aromatic carbocycles. The Hall–Kier alpha value is -2.33. The van der Waals surface area contributed by atoms with Gasteiger partial charge in [0.2, 0.25) is 5.91 Å². The van der Waals surface area contributed by atoms with Crippen LogP contribution in [0, 0.1) is 0 Å². The second kappa shape index (κ2) is 9.08. The average molecular weight is 327 g/mol. The van der Waals surface area contributed by atoms with Crippen LogP contribution in [0.25, 0.3) is 0 Å². The van der Waals surface area contributed by atoms with Crippen molar-refractivity contribution in [1.29, 1.82) is 0 Å². The summed E-state index contributed by atoms with van der Waals surface area (Å²) in [4.78, 5) is 12.6. The molecule has 2 rings (SSSR count). The quantitative estimate of drug-likeness (QED) is 0.804. The van der Waals surface area contributed by atoms with Gasteiger partial charge in [0, 0.05) is 19.2 Å². The molecule has 0 aliphatic carbocycles. The van der Waals surface area contributed by atoms with Gasteiger partial charge in [-0.2, -0.15) is 0 Å². The average Bonchev–Trinajstić information content (AvgIpc) is 2.64. The second-order valence-corrected chi connectivity index (χ2v) is 5.58. The maximum Gasteiger partial charge on any atom is 0.227 e. The molecule has 2 atom stereocenters. The van der Waals surface area contributed by atoms with Gasteiger partial charge in [0.25, 0.3) is 0 Å². The molecule has 24 heavy (non-hydrogen) atoms. The summed E-state index contributed by atoms with van der Waals surface area (Å²) < 4.78 is 10.9. The molecule has 1 amide bonds. The highest BCUT2D eigenvalue weighted by molar-refractivity contribution is 5.83. The van der Waals surface area contributed by atoms with Gasteiger partial charge in [0.05, 0.1) is 13.0 Å². The lowest BCUT2D eigenvalue weighted by atomic mass is 9.95. The van der Waals surface area contributed by atoms with Gasteiger partial charge in [0.15, 0.2) is 0 Å². The van der Waals surface area contributed by atoms with Gasteiger partial charge in [-0.15, -0.1) is 0 Å². The molecule has 0 fully saturated rings. The summed E-state index contributed by atoms with van der Waals surface area (Å²) in [5, 5.41) is 3.01. The molecule has 0 bridgehead atoms. The van der Waals surface area contributed by atoms with Crippen LogP contribution in [-0.2, 0) is 9.53 Å². The monoisotopic (exact) mass is 327 g/mol. The first-order chi connectivity index (χ1) is 11.7. The van der Waals surface area contributed by atoms with E-state index in [0.717, 1.165) is 23.3 Å². The lowest BCUT2D eigenvalue weighted by molar-refractivity contribution is -0.123. The van der Waals surface area contributed by atoms with E-state index in [-0.39, 0.29) is 17.9 Å². The van der Waals surface area contributed by atoms with Crippen LogP contribution in [0.1, 0.15) is 36.5 Å². The number of hydrogen-bond donors (Lipinski definition) is 1. The molecule has 0 aliphatic heterocycles. The summed E-state index contributed by atoms with van der Waals surface area (Å²) in [5.74, 6) is 0.621. The number of methoxy groups -OCH3 is 2. The molecule has 0 unspecified atom stereocenters. The van der Waals surface area contributed by atoms with Gasteiger partial charge in [-0.3, -0.25) is 4.79 Å². The molecule has 0 aliphatic rings. The van der Waals surface area contributed by atoms with Crippen molar-refractivity contribution in [2.24, 2.45) is 0 Å². The molecule has 1 N–H and O–H groups in total. The molecular weight excluding hydrogens is 302 g/mol. The molecule has 2 aromatic rings. The van der Waals surface area contributed by atoms with Crippen molar-refractivity contribution in [2.45, 2.75) is 25.4 Å². The van der Waals surface area contributed by atoms with Crippen molar-refractivity contribution >= 4 is 5.91 Å². The van der Waals surface area contributed by atoms with Crippen LogP contribution in [0.5, 0.6) is 5.75 Å². The fourth-order valence-corrected chi connectivity index (χ4v) is 2.83. The fourth-order valence-electron chi connectivity index (χ4n) is 2.83. The van der Waals surface area contributed by atoms with E-state index < -0.39 is 0 Å². The Kier molecular flexibility index (Phi) is 6.82. The number of carbonyl (C=O) groups excluding carboxylic acids is 1. The largest absolute Gasteiger partial charge is 0.496 e. The molecule has 0 spiro atoms. The van der Waals surface area contributed by atoms with Gasteiger partial charge < -0.3 is 14.8 Å². The van der Waals surface area contributed by atoms with Crippen molar-refractivity contribution in [2.75, 3.05) is 20.8 Å². The van der Waals surface area contributed by atoms with E-state index in [1.807, 2.05) is 61.5 Å². The van der Waals surface area contributed by atoms with E-state index in [4.69, 9.17) is 9.47 Å². The highest BCUT2D eigenvalue weighted by Crippen LogP contribution is 2.27. The highest BCUT2D eigenvalue weighted by Gasteiger charge is 2.21. The number of ether oxygens (including phenoxy) is 2. The van der Waals surface area contributed by atoms with Gasteiger partial charge >= 0.3 is 0 Å². The first-order valence-electron chi connectivity index (χ1n) is 8.19. The number of amides is 1. The zero-order valence-electron chi connectivity index (χ0n) is 14.5. The van der Waals surface area contributed by atoms with E-state index in [2.05, 4.69) is 5.32 Å². The Morgan fingerprint density at radius 3 is 2.33 bits per heavy atom. The molecule has 0 saturated carbocycles. The van der Waals surface area contributed by atoms with Crippen LogP contribution < -0.4 is 10.1 Å². The molecular formula is C20H25NO3. The topological polar surface area (TPSA) is 47.6 Å². The SMILES string of the molecule is CC[C@@H](C(=O)NC[C@@H](OC)c1ccccc1OC)c1ccccc1. The van der Waals surface area contributed by atoms with Crippen LogP contribution in [0.2, 0.25) is 0 Å². The zero-order chi connectivity index (χ0) is 17.4. The molecule has 0 aromatic heterocycles. The first kappa shape index (κ1) is 18.0. The Morgan fingerprint density at radius 2 is 1.71 bits per heavy atom. The maximum atomic E-state index is 12.6. The van der Waals surface area contributed by atoms with Gasteiger partial charge in [-0.1, -0.05) is 55.5 Å². The summed E-state index contributed by atoms with van der Waals surface area (Å²) in [7, 11) is 3.27. The molecule has 0 heterocycles. The normalized spacial score (nSPS) is 13.1. The maximum absolute atomic E-state index is 12.6. The predicted octanol–water partition coefficient (Wildman–Crippen LogP) is 3.69. The lowest BCUT2D eigenvalue weighted by Gasteiger charge is -2.21. The van der Waals surface area contributed by atoms with E-state index in [9.17, 15) is 4.79 Å². The smallest absolute Gasteiger partial charge is 0.227 e. The fraction of sp³-hybridized carbons (Fsp3) is 0.350. The summed E-state index contributed by atoms with van der Waals surface area (Å²) >= 11 is 0. The lowest BCUT2D eigenvalue weighted by Crippen LogP contribution is -2.33. The zero-order valence-corrected chi connectivity index (χ0v) is 14.5. The molecule has 4 nitrogen and oxygen atoms in total. The predicted molar refractivity (Wildman–Crippen MR) is 95.2 cm³/mol.